The first-order valence-electron chi connectivity index (χ1n) is 24.1. The standard InChI is InChI=1S/C54H60N8O4/c1-58-47(46(54(65)66)57-51(58)45-21-15-35-62(45)53(64)49(41-18-8-3-9-19-41)60-32-12-5-13-33-60)42-28-24-38(25-29-42)37-22-26-39(27-23-37)43-36-55-50(56-43)44-20-14-34-61(44)52(63)48(40-16-6-2-7-17-40)59-30-10-4-11-31-59/h2-3,6-9,16-19,22-29,36,44-45,48-49H,4-5,10-15,20-21,30-35H2,1H3,(H,55,56)(H,65,66)/t44-,45-,48+,49+/m0/s1. The molecule has 4 saturated heterocycles. The monoisotopic (exact) mass is 884 g/mol. The number of imidazole rings is 2. The van der Waals surface area contributed by atoms with E-state index < -0.39 is 5.97 Å². The predicted octanol–water partition coefficient (Wildman–Crippen LogP) is 9.62. The molecule has 4 fully saturated rings. The van der Waals surface area contributed by atoms with Gasteiger partial charge in [-0.2, -0.15) is 0 Å². The highest BCUT2D eigenvalue weighted by atomic mass is 16.4. The minimum atomic E-state index is -1.10. The molecule has 4 aliphatic heterocycles. The summed E-state index contributed by atoms with van der Waals surface area (Å²) in [6.07, 6.45) is 12.0. The van der Waals surface area contributed by atoms with E-state index in [1.54, 1.807) is 0 Å². The number of aromatic carboxylic acids is 1. The van der Waals surface area contributed by atoms with Crippen LogP contribution in [0.4, 0.5) is 0 Å². The van der Waals surface area contributed by atoms with Crippen LogP contribution in [0.25, 0.3) is 33.6 Å². The summed E-state index contributed by atoms with van der Waals surface area (Å²) in [6.45, 7) is 4.95. The lowest BCUT2D eigenvalue weighted by Crippen LogP contribution is -2.45. The maximum Gasteiger partial charge on any atom is 0.356 e. The van der Waals surface area contributed by atoms with E-state index in [0.717, 1.165) is 129 Å². The Morgan fingerprint density at radius 1 is 0.576 bits per heavy atom. The van der Waals surface area contributed by atoms with Crippen LogP contribution in [0.1, 0.15) is 122 Å². The Bertz CT molecular complexity index is 2630. The lowest BCUT2D eigenvalue weighted by atomic mass is 10.00. The van der Waals surface area contributed by atoms with Gasteiger partial charge < -0.3 is 24.5 Å². The first kappa shape index (κ1) is 43.5. The fourth-order valence-electron chi connectivity index (χ4n) is 11.2. The number of nitrogens with zero attached hydrogens (tertiary/aromatic N) is 7. The van der Waals surface area contributed by atoms with Crippen LogP contribution < -0.4 is 0 Å². The van der Waals surface area contributed by atoms with E-state index in [4.69, 9.17) is 9.97 Å². The molecule has 12 nitrogen and oxygen atoms in total. The number of likely N-dealkylation sites (tertiary alicyclic amines) is 4. The van der Waals surface area contributed by atoms with E-state index in [2.05, 4.69) is 56.1 Å². The smallest absolute Gasteiger partial charge is 0.356 e. The molecule has 12 heteroatoms. The first-order chi connectivity index (χ1) is 32.3. The van der Waals surface area contributed by atoms with Crippen molar-refractivity contribution in [3.63, 3.8) is 0 Å². The number of hydrogen-bond donors (Lipinski definition) is 2. The molecular formula is C54H60N8O4. The topological polar surface area (TPSA) is 131 Å². The van der Waals surface area contributed by atoms with Gasteiger partial charge in [0, 0.05) is 25.7 Å². The summed E-state index contributed by atoms with van der Waals surface area (Å²) in [5.74, 6) is 0.543. The van der Waals surface area contributed by atoms with E-state index >= 15 is 0 Å². The van der Waals surface area contributed by atoms with Gasteiger partial charge in [0.25, 0.3) is 0 Å². The molecule has 66 heavy (non-hydrogen) atoms. The summed E-state index contributed by atoms with van der Waals surface area (Å²) in [7, 11) is 1.87. The van der Waals surface area contributed by atoms with Crippen LogP contribution in [0.5, 0.6) is 0 Å². The quantitative estimate of drug-likeness (QED) is 0.124. The summed E-state index contributed by atoms with van der Waals surface area (Å²) in [6, 6.07) is 35.5. The third kappa shape index (κ3) is 8.60. The van der Waals surface area contributed by atoms with Crippen LogP contribution in [0.2, 0.25) is 0 Å². The maximum absolute atomic E-state index is 14.6. The van der Waals surface area contributed by atoms with Gasteiger partial charge in [0.1, 0.15) is 23.7 Å². The fraction of sp³-hybridized carbons (Fsp3) is 0.389. The predicted molar refractivity (Wildman–Crippen MR) is 255 cm³/mol. The van der Waals surface area contributed by atoms with Crippen molar-refractivity contribution in [2.45, 2.75) is 88.4 Å². The summed E-state index contributed by atoms with van der Waals surface area (Å²) in [4.78, 5) is 63.7. The molecule has 4 aliphatic rings. The van der Waals surface area contributed by atoms with Gasteiger partial charge in [0.05, 0.1) is 29.7 Å². The van der Waals surface area contributed by atoms with Gasteiger partial charge in [0.2, 0.25) is 11.8 Å². The van der Waals surface area contributed by atoms with Gasteiger partial charge >= 0.3 is 5.97 Å². The molecule has 0 unspecified atom stereocenters. The number of hydrogen-bond acceptors (Lipinski definition) is 7. The molecular weight excluding hydrogens is 825 g/mol. The molecule has 0 saturated carbocycles. The SMILES string of the molecule is Cn1c([C@@H]2CCCN2C(=O)[C@@H](c2ccccc2)N2CCCCC2)nc(C(=O)O)c1-c1ccc(-c2ccc(-c3cnc([C@@H]4CCCN4C(=O)[C@@H](c4ccccc4)N4CCCCC4)[nH]3)cc2)cc1. The summed E-state index contributed by atoms with van der Waals surface area (Å²) < 4.78 is 1.89. The molecule has 2 aromatic heterocycles. The van der Waals surface area contributed by atoms with Crippen LogP contribution >= 0.6 is 0 Å². The Labute approximate surface area is 387 Å². The Kier molecular flexibility index (Phi) is 12.7. The van der Waals surface area contributed by atoms with Crippen molar-refractivity contribution >= 4 is 17.8 Å². The van der Waals surface area contributed by atoms with Crippen LogP contribution in [-0.4, -0.2) is 101 Å². The third-order valence-corrected chi connectivity index (χ3v) is 14.5. The minimum Gasteiger partial charge on any atom is -0.476 e. The second-order valence-corrected chi connectivity index (χ2v) is 18.6. The van der Waals surface area contributed by atoms with Gasteiger partial charge in [-0.1, -0.05) is 122 Å². The normalized spacial score (nSPS) is 20.4. The average Bonchev–Trinajstić information content (AvgIpc) is 4.21. The number of carboxylic acid groups (broad SMARTS) is 1. The summed E-state index contributed by atoms with van der Waals surface area (Å²) in [5, 5.41) is 10.5. The van der Waals surface area contributed by atoms with E-state index in [-0.39, 0.29) is 41.7 Å². The second kappa shape index (κ2) is 19.2. The van der Waals surface area contributed by atoms with Gasteiger partial charge in [-0.05, 0) is 105 Å². The van der Waals surface area contributed by atoms with Gasteiger partial charge in [-0.3, -0.25) is 19.4 Å². The van der Waals surface area contributed by atoms with Crippen molar-refractivity contribution in [2.24, 2.45) is 7.05 Å². The Morgan fingerprint density at radius 2 is 1.05 bits per heavy atom. The summed E-state index contributed by atoms with van der Waals surface area (Å²) >= 11 is 0. The Hall–Kier alpha value is -6.37. The van der Waals surface area contributed by atoms with Crippen LogP contribution in [0.15, 0.2) is 115 Å². The van der Waals surface area contributed by atoms with E-state index in [0.29, 0.717) is 18.1 Å². The fourth-order valence-corrected chi connectivity index (χ4v) is 11.2. The maximum atomic E-state index is 14.6. The minimum absolute atomic E-state index is 0.0124. The van der Waals surface area contributed by atoms with Gasteiger partial charge in [0.15, 0.2) is 5.69 Å². The van der Waals surface area contributed by atoms with E-state index in [1.165, 1.54) is 12.8 Å². The van der Waals surface area contributed by atoms with Crippen LogP contribution in [0.3, 0.4) is 0 Å². The zero-order valence-corrected chi connectivity index (χ0v) is 37.9. The van der Waals surface area contributed by atoms with Crippen molar-refractivity contribution in [1.82, 2.24) is 39.1 Å². The van der Waals surface area contributed by atoms with Crippen molar-refractivity contribution in [2.75, 3.05) is 39.3 Å². The molecule has 6 heterocycles. The van der Waals surface area contributed by atoms with E-state index in [1.807, 2.05) is 95.5 Å². The molecule has 0 bridgehead atoms. The number of rotatable bonds is 12. The number of aromatic nitrogens is 4. The lowest BCUT2D eigenvalue weighted by molar-refractivity contribution is -0.139. The Morgan fingerprint density at radius 3 is 1.56 bits per heavy atom. The highest BCUT2D eigenvalue weighted by molar-refractivity contribution is 5.93. The Balaban J connectivity index is 0.852. The second-order valence-electron chi connectivity index (χ2n) is 18.6. The highest BCUT2D eigenvalue weighted by Gasteiger charge is 2.41. The molecule has 0 radical (unpaired) electrons. The molecule has 340 valence electrons. The largest absolute Gasteiger partial charge is 0.476 e. The zero-order valence-electron chi connectivity index (χ0n) is 37.9. The number of nitrogens with one attached hydrogen (secondary N) is 1. The molecule has 6 aromatic rings. The number of benzene rings is 4. The molecule has 10 rings (SSSR count). The number of aromatic amines is 1. The van der Waals surface area contributed by atoms with Crippen molar-refractivity contribution < 1.29 is 19.5 Å². The number of amides is 2. The lowest BCUT2D eigenvalue weighted by Gasteiger charge is -2.37. The molecule has 4 atom stereocenters. The number of piperidine rings is 2. The highest BCUT2D eigenvalue weighted by Crippen LogP contribution is 2.40. The number of carbonyl (C=O) groups excluding carboxylic acids is 2. The number of H-pyrrole nitrogens is 1. The molecule has 0 aliphatic carbocycles. The third-order valence-electron chi connectivity index (χ3n) is 14.5. The van der Waals surface area contributed by atoms with Crippen molar-refractivity contribution in [3.8, 4) is 33.6 Å². The zero-order chi connectivity index (χ0) is 45.1. The van der Waals surface area contributed by atoms with Gasteiger partial charge in [-0.15, -0.1) is 0 Å². The molecule has 0 spiro atoms. The molecule has 2 amide bonds. The average molecular weight is 885 g/mol. The van der Waals surface area contributed by atoms with Crippen LogP contribution in [0, 0.1) is 0 Å². The first-order valence-corrected chi connectivity index (χ1v) is 24.1. The number of carboxylic acids is 1. The molecule has 2 N–H and O–H groups in total. The van der Waals surface area contributed by atoms with Crippen molar-refractivity contribution in [1.29, 1.82) is 0 Å². The molecule has 4 aromatic carbocycles. The van der Waals surface area contributed by atoms with Crippen molar-refractivity contribution in [3.05, 3.63) is 144 Å². The summed E-state index contributed by atoms with van der Waals surface area (Å²) in [5.41, 5.74) is 7.22. The van der Waals surface area contributed by atoms with Crippen LogP contribution in [-0.2, 0) is 16.6 Å². The number of carbonyl (C=O) groups is 3. The van der Waals surface area contributed by atoms with Gasteiger partial charge in [-0.25, -0.2) is 14.8 Å². The van der Waals surface area contributed by atoms with E-state index in [9.17, 15) is 19.5 Å².